The van der Waals surface area contributed by atoms with E-state index in [2.05, 4.69) is 10.3 Å². The molecule has 0 spiro atoms. The Morgan fingerprint density at radius 3 is 2.90 bits per heavy atom. The van der Waals surface area contributed by atoms with Crippen LogP contribution in [0.15, 0.2) is 10.7 Å². The first-order valence-electron chi connectivity index (χ1n) is 7.64. The van der Waals surface area contributed by atoms with Crippen LogP contribution in [0.4, 0.5) is 0 Å². The molecular weight excluding hydrogens is 256 g/mol. The van der Waals surface area contributed by atoms with Gasteiger partial charge in [0, 0.05) is 19.1 Å². The lowest BCUT2D eigenvalue weighted by molar-refractivity contribution is 0.0535. The van der Waals surface area contributed by atoms with Gasteiger partial charge in [0.05, 0.1) is 6.61 Å². The summed E-state index contributed by atoms with van der Waals surface area (Å²) >= 11 is 0. The van der Waals surface area contributed by atoms with Crippen LogP contribution in [0.1, 0.15) is 60.8 Å². The van der Waals surface area contributed by atoms with E-state index in [4.69, 9.17) is 9.15 Å². The van der Waals surface area contributed by atoms with Crippen molar-refractivity contribution in [1.82, 2.24) is 10.3 Å². The Balaban J connectivity index is 1.51. The van der Waals surface area contributed by atoms with Crippen LogP contribution >= 0.6 is 0 Å². The standard InChI is InChI=1S/C15H22N2O3/c18-14(16-8-11-4-3-7-19-9-11)13-10-20-15(17-13)12-5-1-2-6-12/h10-12H,1-9H2,(H,16,18). The number of carbonyl (C=O) groups excluding carboxylic acids is 1. The highest BCUT2D eigenvalue weighted by molar-refractivity contribution is 5.91. The molecule has 110 valence electrons. The molecule has 1 aliphatic heterocycles. The number of hydrogen-bond donors (Lipinski definition) is 1. The predicted molar refractivity (Wildman–Crippen MR) is 73.6 cm³/mol. The molecule has 1 amide bonds. The molecule has 2 heterocycles. The molecule has 1 atom stereocenters. The van der Waals surface area contributed by atoms with Gasteiger partial charge in [-0.25, -0.2) is 4.98 Å². The lowest BCUT2D eigenvalue weighted by Crippen LogP contribution is -2.33. The van der Waals surface area contributed by atoms with Crippen molar-refractivity contribution in [3.63, 3.8) is 0 Å². The third-order valence-corrected chi connectivity index (χ3v) is 4.26. The van der Waals surface area contributed by atoms with E-state index in [0.29, 0.717) is 24.1 Å². The zero-order valence-electron chi connectivity index (χ0n) is 11.8. The topological polar surface area (TPSA) is 64.4 Å². The summed E-state index contributed by atoms with van der Waals surface area (Å²) < 4.78 is 10.9. The van der Waals surface area contributed by atoms with Crippen LogP contribution in [0, 0.1) is 5.92 Å². The summed E-state index contributed by atoms with van der Waals surface area (Å²) in [6.45, 7) is 2.25. The molecule has 2 aliphatic rings. The molecule has 1 aromatic heterocycles. The van der Waals surface area contributed by atoms with Crippen LogP contribution < -0.4 is 5.32 Å². The zero-order chi connectivity index (χ0) is 13.8. The SMILES string of the molecule is O=C(NCC1CCCOC1)c1coc(C2CCCC2)n1. The first kappa shape index (κ1) is 13.6. The van der Waals surface area contributed by atoms with Crippen molar-refractivity contribution in [3.8, 4) is 0 Å². The second-order valence-corrected chi connectivity index (χ2v) is 5.85. The van der Waals surface area contributed by atoms with Crippen molar-refractivity contribution >= 4 is 5.91 Å². The van der Waals surface area contributed by atoms with Gasteiger partial charge in [-0.15, -0.1) is 0 Å². The van der Waals surface area contributed by atoms with Gasteiger partial charge in [0.25, 0.3) is 5.91 Å². The molecule has 1 unspecified atom stereocenters. The van der Waals surface area contributed by atoms with Crippen LogP contribution in [0.25, 0.3) is 0 Å². The first-order valence-corrected chi connectivity index (χ1v) is 7.64. The first-order chi connectivity index (χ1) is 9.83. The van der Waals surface area contributed by atoms with Gasteiger partial charge in [-0.3, -0.25) is 4.79 Å². The van der Waals surface area contributed by atoms with Gasteiger partial charge in [0.15, 0.2) is 11.6 Å². The minimum Gasteiger partial charge on any atom is -0.448 e. The van der Waals surface area contributed by atoms with Gasteiger partial charge in [0.2, 0.25) is 0 Å². The molecule has 5 heteroatoms. The van der Waals surface area contributed by atoms with E-state index in [1.807, 2.05) is 0 Å². The van der Waals surface area contributed by atoms with Gasteiger partial charge in [-0.1, -0.05) is 12.8 Å². The van der Waals surface area contributed by atoms with Crippen LogP contribution in [0.5, 0.6) is 0 Å². The number of nitrogens with zero attached hydrogens (tertiary/aromatic N) is 1. The molecule has 2 fully saturated rings. The van der Waals surface area contributed by atoms with Crippen molar-refractivity contribution in [2.45, 2.75) is 44.4 Å². The van der Waals surface area contributed by atoms with E-state index < -0.39 is 0 Å². The lowest BCUT2D eigenvalue weighted by atomic mass is 10.0. The number of hydrogen-bond acceptors (Lipinski definition) is 4. The summed E-state index contributed by atoms with van der Waals surface area (Å²) in [6.07, 6.45) is 8.40. The predicted octanol–water partition coefficient (Wildman–Crippen LogP) is 2.49. The highest BCUT2D eigenvalue weighted by Crippen LogP contribution is 2.33. The second kappa shape index (κ2) is 6.39. The molecule has 3 rings (SSSR count). The van der Waals surface area contributed by atoms with E-state index in [1.54, 1.807) is 0 Å². The Morgan fingerprint density at radius 2 is 2.15 bits per heavy atom. The largest absolute Gasteiger partial charge is 0.448 e. The van der Waals surface area contributed by atoms with Gasteiger partial charge in [-0.05, 0) is 31.6 Å². The fourth-order valence-corrected chi connectivity index (χ4v) is 3.05. The monoisotopic (exact) mass is 278 g/mol. The smallest absolute Gasteiger partial charge is 0.273 e. The third-order valence-electron chi connectivity index (χ3n) is 4.26. The van der Waals surface area contributed by atoms with Crippen molar-refractivity contribution in [3.05, 3.63) is 17.8 Å². The summed E-state index contributed by atoms with van der Waals surface area (Å²) in [5, 5.41) is 2.93. The number of ether oxygens (including phenoxy) is 1. The van der Waals surface area contributed by atoms with Crippen LogP contribution in [0.2, 0.25) is 0 Å². The second-order valence-electron chi connectivity index (χ2n) is 5.85. The van der Waals surface area contributed by atoms with E-state index in [-0.39, 0.29) is 5.91 Å². The molecule has 1 saturated carbocycles. The molecule has 0 aromatic carbocycles. The van der Waals surface area contributed by atoms with Gasteiger partial charge >= 0.3 is 0 Å². The minimum atomic E-state index is -0.136. The fraction of sp³-hybridized carbons (Fsp3) is 0.733. The van der Waals surface area contributed by atoms with Crippen LogP contribution in [0.3, 0.4) is 0 Å². The minimum absolute atomic E-state index is 0.136. The fourth-order valence-electron chi connectivity index (χ4n) is 3.05. The molecule has 20 heavy (non-hydrogen) atoms. The van der Waals surface area contributed by atoms with E-state index in [0.717, 1.165) is 44.8 Å². The van der Waals surface area contributed by atoms with Crippen LogP contribution in [-0.4, -0.2) is 30.6 Å². The number of aromatic nitrogens is 1. The Bertz CT molecular complexity index is 446. The Morgan fingerprint density at radius 1 is 1.30 bits per heavy atom. The third kappa shape index (κ3) is 3.20. The number of nitrogens with one attached hydrogen (secondary N) is 1. The molecule has 0 radical (unpaired) electrons. The lowest BCUT2D eigenvalue weighted by Gasteiger charge is -2.21. The van der Waals surface area contributed by atoms with E-state index in [1.165, 1.54) is 19.1 Å². The Hall–Kier alpha value is -1.36. The number of amides is 1. The Kier molecular flexibility index (Phi) is 4.35. The quantitative estimate of drug-likeness (QED) is 0.919. The van der Waals surface area contributed by atoms with Crippen molar-refractivity contribution in [2.24, 2.45) is 5.92 Å². The summed E-state index contributed by atoms with van der Waals surface area (Å²) in [5.41, 5.74) is 0.406. The maximum absolute atomic E-state index is 12.0. The molecule has 1 N–H and O–H groups in total. The molecule has 0 bridgehead atoms. The number of carbonyl (C=O) groups is 1. The maximum atomic E-state index is 12.0. The maximum Gasteiger partial charge on any atom is 0.273 e. The summed E-state index contributed by atoms with van der Waals surface area (Å²) in [5.74, 6) is 1.43. The molecule has 1 saturated heterocycles. The summed E-state index contributed by atoms with van der Waals surface area (Å²) in [6, 6.07) is 0. The van der Waals surface area contributed by atoms with E-state index >= 15 is 0 Å². The van der Waals surface area contributed by atoms with Gasteiger partial charge < -0.3 is 14.5 Å². The van der Waals surface area contributed by atoms with Gasteiger partial charge in [0.1, 0.15) is 6.26 Å². The molecule has 1 aliphatic carbocycles. The average molecular weight is 278 g/mol. The van der Waals surface area contributed by atoms with Crippen molar-refractivity contribution in [1.29, 1.82) is 0 Å². The van der Waals surface area contributed by atoms with Crippen molar-refractivity contribution in [2.75, 3.05) is 19.8 Å². The highest BCUT2D eigenvalue weighted by atomic mass is 16.5. The van der Waals surface area contributed by atoms with Crippen LogP contribution in [-0.2, 0) is 4.74 Å². The number of rotatable bonds is 4. The Labute approximate surface area is 119 Å². The molecule has 1 aromatic rings. The van der Waals surface area contributed by atoms with E-state index in [9.17, 15) is 4.79 Å². The highest BCUT2D eigenvalue weighted by Gasteiger charge is 2.23. The normalized spacial score (nSPS) is 23.9. The van der Waals surface area contributed by atoms with Crippen molar-refractivity contribution < 1.29 is 13.9 Å². The molecular formula is C15H22N2O3. The summed E-state index contributed by atoms with van der Waals surface area (Å²) in [7, 11) is 0. The average Bonchev–Trinajstić information content (AvgIpc) is 3.16. The van der Waals surface area contributed by atoms with Gasteiger partial charge in [-0.2, -0.15) is 0 Å². The number of oxazole rings is 1. The summed E-state index contributed by atoms with van der Waals surface area (Å²) in [4.78, 5) is 16.4. The molecule has 5 nitrogen and oxygen atoms in total. The zero-order valence-corrected chi connectivity index (χ0v) is 11.8.